The highest BCUT2D eigenvalue weighted by Gasteiger charge is 2.38. The lowest BCUT2D eigenvalue weighted by molar-refractivity contribution is -0.142. The standard InChI is InChI=1S/C68H104N18O35S2/c69-68-85-57-50(65(117)86(68)70)76-29(18-75-57)17-71-28-3-1-27(2-4-28)58(110)82-35(66(118)119)8-14-47(99)77-30(5-11-44(96)72-19-38(90)51(104)54(107)41(93)22-87)59(111)80-33(9-15-48(100)101)60(112)78-31(6-12-45(97)73-20-39(91)52(105)55(108)42(94)23-88)62(114)83-36(25-122)64(116)81-34(10-16-49(102)103)61(113)79-32(63(115)84-37(26-123)67(120)121)7-13-46(98)74-21-40(92)53(106)56(109)43(95)24-89/h1-4,18,30-43,51-56,71,87-95,104-109,122-123H,5-17,19-26,70H2,(H,72,96)(H,73,97)(H,74,98)(H,77,99)(H,78,112)(H,79,113)(H,80,111)(H,81,116)(H,82,110)(H,83,114)(H,84,115)(H,100,101)(H,102,103)(H,118,119)(H,120,121)(H2,69,75,85)/t30-,31-,32-,33-,34-,35-,36-,37-,38-,39-,40-,41+,42+,43+,51+,52+,53+,54+,55+,56+/m0/s1. The van der Waals surface area contributed by atoms with Crippen molar-refractivity contribution in [1.29, 1.82) is 0 Å². The van der Waals surface area contributed by atoms with Crippen molar-refractivity contribution in [3.8, 4) is 0 Å². The number of nitrogens with two attached hydrogens (primary N) is 2. The molecule has 2 aromatic heterocycles. The van der Waals surface area contributed by atoms with Crippen LogP contribution < -0.4 is 80.9 Å². The lowest BCUT2D eigenvalue weighted by Gasteiger charge is -2.27. The molecule has 0 unspecified atom stereocenters. The van der Waals surface area contributed by atoms with Crippen LogP contribution in [0.15, 0.2) is 35.3 Å². The molecule has 0 bridgehead atoms. The quantitative estimate of drug-likeness (QED) is 0.0184. The van der Waals surface area contributed by atoms with Crippen molar-refractivity contribution in [3.05, 3.63) is 52.1 Å². The van der Waals surface area contributed by atoms with E-state index in [0.29, 0.717) is 10.4 Å². The summed E-state index contributed by atoms with van der Waals surface area (Å²) in [4.78, 5) is 226. The topological polar surface area (TPSA) is 897 Å². The van der Waals surface area contributed by atoms with E-state index >= 15 is 0 Å². The number of carboxylic acid groups (broad SMARTS) is 4. The molecule has 0 aliphatic carbocycles. The van der Waals surface area contributed by atoms with Crippen molar-refractivity contribution < 1.29 is 169 Å². The van der Waals surface area contributed by atoms with Crippen LogP contribution in [0.4, 0.5) is 11.6 Å². The van der Waals surface area contributed by atoms with Gasteiger partial charge in [0, 0.05) is 80.9 Å². The zero-order valence-electron chi connectivity index (χ0n) is 65.2. The molecule has 0 fully saturated rings. The number of hydrogen-bond acceptors (Lipinski definition) is 39. The Labute approximate surface area is 706 Å². The minimum absolute atomic E-state index is 0.0361. The number of benzene rings is 1. The van der Waals surface area contributed by atoms with Crippen molar-refractivity contribution in [1.82, 2.24) is 78.1 Å². The Morgan fingerprint density at radius 2 is 0.715 bits per heavy atom. The molecule has 35 N–H and O–H groups in total. The molecule has 1 aromatic carbocycles. The SMILES string of the molecule is Nc1nc2ncc(CNc3ccc(C(=O)N[C@@H](CCC(=O)N[C@@H](CCC(=O)NC[C@H](O)[C@@H](O)[C@H](O)[C@H](O)CO)C(=O)N[C@@H](CCC(=O)O)C(=O)N[C@@H](CCC(=O)NC[C@H](O)[C@@H](O)[C@H](O)[C@H](O)CO)C(=O)N[C@@H](CS)C(=O)N[C@@H](CCC(=O)O)C(=O)N[C@@H](CCC(=O)NC[C@H](O)[C@@H](O)[C@H](O)[C@H](O)CO)C(=O)N[C@@H](CS)C(=O)O)C(=O)O)cc3)nc2c(=O)n1N. The number of hydrogen-bond donors (Lipinski definition) is 35. The van der Waals surface area contributed by atoms with Crippen LogP contribution >= 0.6 is 25.3 Å². The monoisotopic (exact) mass is 1800 g/mol. The molecule has 3 aromatic rings. The van der Waals surface area contributed by atoms with Crippen LogP contribution in [0, 0.1) is 0 Å². The van der Waals surface area contributed by atoms with Crippen LogP contribution in [0.2, 0.25) is 0 Å². The first-order valence-corrected chi connectivity index (χ1v) is 38.6. The summed E-state index contributed by atoms with van der Waals surface area (Å²) < 4.78 is 0.569. The van der Waals surface area contributed by atoms with E-state index in [1.165, 1.54) is 30.5 Å². The maximum atomic E-state index is 14.6. The van der Waals surface area contributed by atoms with Crippen LogP contribution in [0.5, 0.6) is 0 Å². The molecule has 53 nitrogen and oxygen atoms in total. The zero-order chi connectivity index (χ0) is 92.8. The first-order chi connectivity index (χ1) is 57.8. The summed E-state index contributed by atoms with van der Waals surface area (Å²) in [5.74, 6) is -16.9. The molecule has 0 spiro atoms. The second kappa shape index (κ2) is 53.1. The van der Waals surface area contributed by atoms with Gasteiger partial charge < -0.3 is 172 Å². The summed E-state index contributed by atoms with van der Waals surface area (Å²) in [6, 6.07) is -10.8. The Morgan fingerprint density at radius 1 is 0.398 bits per heavy atom. The lowest BCUT2D eigenvalue weighted by atomic mass is 10.0. The highest BCUT2D eigenvalue weighted by atomic mass is 32.1. The molecule has 688 valence electrons. The minimum atomic E-state index is -2.23. The molecule has 2 heterocycles. The zero-order valence-corrected chi connectivity index (χ0v) is 66.9. The molecule has 0 aliphatic rings. The number of thiol groups is 2. The number of carbonyl (C=O) groups excluding carboxylic acids is 11. The lowest BCUT2D eigenvalue weighted by Crippen LogP contribution is -2.60. The third-order valence-electron chi connectivity index (χ3n) is 18.1. The highest BCUT2D eigenvalue weighted by molar-refractivity contribution is 7.80. The van der Waals surface area contributed by atoms with Gasteiger partial charge in [-0.3, -0.25) is 67.1 Å². The molecule has 0 aliphatic heterocycles. The molecule has 11 amide bonds. The number of aliphatic hydroxyl groups is 15. The second-order valence-electron chi connectivity index (χ2n) is 27.5. The number of amides is 11. The van der Waals surface area contributed by atoms with Crippen molar-refractivity contribution in [2.75, 3.05) is 67.9 Å². The third kappa shape index (κ3) is 35.8. The van der Waals surface area contributed by atoms with E-state index in [1.807, 2.05) is 5.32 Å². The molecule has 0 saturated carbocycles. The molecule has 3 rings (SSSR count). The maximum Gasteiger partial charge on any atom is 0.327 e. The first kappa shape index (κ1) is 106. The number of carbonyl (C=O) groups is 15. The van der Waals surface area contributed by atoms with E-state index in [9.17, 15) is 169 Å². The van der Waals surface area contributed by atoms with E-state index in [-0.39, 0.29) is 34.9 Å². The second-order valence-corrected chi connectivity index (χ2v) is 28.2. The average Bonchev–Trinajstić information content (AvgIpc) is 0.791. The van der Waals surface area contributed by atoms with Crippen molar-refractivity contribution in [3.63, 3.8) is 0 Å². The van der Waals surface area contributed by atoms with Gasteiger partial charge in [0.25, 0.3) is 5.91 Å². The molecule has 123 heavy (non-hydrogen) atoms. The summed E-state index contributed by atoms with van der Waals surface area (Å²) in [6.45, 7) is -5.96. The smallest absolute Gasteiger partial charge is 0.327 e. The summed E-state index contributed by atoms with van der Waals surface area (Å²) in [5.41, 5.74) is 5.05. The van der Waals surface area contributed by atoms with Crippen LogP contribution in [0.3, 0.4) is 0 Å². The summed E-state index contributed by atoms with van der Waals surface area (Å²) in [5, 5.41) is 215. The van der Waals surface area contributed by atoms with Gasteiger partial charge in [0.2, 0.25) is 65.0 Å². The molecular weight excluding hydrogens is 1690 g/mol. The summed E-state index contributed by atoms with van der Waals surface area (Å²) >= 11 is 7.97. The average molecular weight is 1800 g/mol. The number of aromatic nitrogens is 4. The van der Waals surface area contributed by atoms with Crippen LogP contribution in [-0.4, -0.2) is 378 Å². The predicted octanol–water partition coefficient (Wildman–Crippen LogP) is -15.9. The fourth-order valence-electron chi connectivity index (χ4n) is 10.8. The summed E-state index contributed by atoms with van der Waals surface area (Å²) in [6.07, 6.45) is -34.4. The Kier molecular flexibility index (Phi) is 45.9. The normalized spacial score (nSPS) is 16.3. The number of rotatable bonds is 58. The van der Waals surface area contributed by atoms with E-state index in [0.717, 1.165) is 0 Å². The molecular formula is C68H104N18O35S2. The number of carboxylic acids is 4. The van der Waals surface area contributed by atoms with Gasteiger partial charge in [0.1, 0.15) is 103 Å². The predicted molar refractivity (Wildman–Crippen MR) is 421 cm³/mol. The Morgan fingerprint density at radius 3 is 1.07 bits per heavy atom. The number of aliphatic carboxylic acids is 4. The number of nitrogen functional groups attached to an aromatic ring is 2. The van der Waals surface area contributed by atoms with Gasteiger partial charge in [0.05, 0.1) is 56.6 Å². The van der Waals surface area contributed by atoms with Gasteiger partial charge in [-0.25, -0.2) is 19.6 Å². The Bertz CT molecular complexity index is 4150. The molecule has 20 atom stereocenters. The van der Waals surface area contributed by atoms with Crippen LogP contribution in [0.25, 0.3) is 11.2 Å². The van der Waals surface area contributed by atoms with Gasteiger partial charge in [-0.15, -0.1) is 0 Å². The van der Waals surface area contributed by atoms with Gasteiger partial charge in [0.15, 0.2) is 11.2 Å². The van der Waals surface area contributed by atoms with E-state index in [1.54, 1.807) is 0 Å². The largest absolute Gasteiger partial charge is 0.481 e. The van der Waals surface area contributed by atoms with Crippen LogP contribution in [0.1, 0.15) is 93.1 Å². The number of fused-ring (bicyclic) bond motifs is 1. The van der Waals surface area contributed by atoms with E-state index in [4.69, 9.17) is 16.7 Å². The number of nitrogens with one attached hydrogen (secondary N) is 12. The van der Waals surface area contributed by atoms with Crippen LogP contribution in [-0.2, 0) is 73.7 Å². The first-order valence-electron chi connectivity index (χ1n) is 37.3. The van der Waals surface area contributed by atoms with Crippen molar-refractivity contribution in [2.45, 2.75) is 205 Å². The molecule has 55 heteroatoms. The highest BCUT2D eigenvalue weighted by Crippen LogP contribution is 2.17. The molecule has 0 radical (unpaired) electrons. The van der Waals surface area contributed by atoms with E-state index < -0.39 is 344 Å². The van der Waals surface area contributed by atoms with Crippen molar-refractivity contribution >= 4 is 137 Å². The number of anilines is 2. The Balaban J connectivity index is 2.04. The van der Waals surface area contributed by atoms with Gasteiger partial charge in [-0.05, 0) is 62.8 Å². The fourth-order valence-corrected chi connectivity index (χ4v) is 11.3. The van der Waals surface area contributed by atoms with Gasteiger partial charge in [-0.1, -0.05) is 0 Å². The minimum Gasteiger partial charge on any atom is -0.481 e. The molecule has 0 saturated heterocycles. The van der Waals surface area contributed by atoms with Gasteiger partial charge >= 0.3 is 29.4 Å². The van der Waals surface area contributed by atoms with Crippen molar-refractivity contribution in [2.24, 2.45) is 0 Å². The van der Waals surface area contributed by atoms with E-state index in [2.05, 4.69) is 98.7 Å². The summed E-state index contributed by atoms with van der Waals surface area (Å²) in [7, 11) is 0. The number of nitrogens with zero attached hydrogens (tertiary/aromatic N) is 4. The fraction of sp³-hybridized carbons (Fsp3) is 0.603. The van der Waals surface area contributed by atoms with Gasteiger partial charge in [-0.2, -0.15) is 34.9 Å². The Hall–Kier alpha value is -11.0. The third-order valence-corrected chi connectivity index (χ3v) is 18.9. The maximum absolute atomic E-state index is 14.6. The number of aliphatic hydroxyl groups excluding tert-OH is 15.